The van der Waals surface area contributed by atoms with E-state index < -0.39 is 0 Å². The number of halogens is 1. The third kappa shape index (κ3) is 4.99. The third-order valence-corrected chi connectivity index (χ3v) is 4.30. The van der Waals surface area contributed by atoms with Crippen LogP contribution in [0.3, 0.4) is 0 Å². The summed E-state index contributed by atoms with van der Waals surface area (Å²) in [6, 6.07) is 15.0. The fraction of sp³-hybridized carbons (Fsp3) is 0.188. The molecule has 0 aliphatic rings. The van der Waals surface area contributed by atoms with Crippen LogP contribution in [0, 0.1) is 0 Å². The van der Waals surface area contributed by atoms with Gasteiger partial charge in [-0.05, 0) is 23.8 Å². The zero-order chi connectivity index (χ0) is 15.1. The topological polar surface area (TPSA) is 55.1 Å². The lowest BCUT2D eigenvalue weighted by Crippen LogP contribution is -2.13. The first kappa shape index (κ1) is 15.7. The molecule has 0 spiro atoms. The van der Waals surface area contributed by atoms with E-state index >= 15 is 0 Å². The molecule has 0 unspecified atom stereocenters. The van der Waals surface area contributed by atoms with E-state index in [1.54, 1.807) is 23.9 Å². The molecule has 0 aliphatic heterocycles. The molecule has 0 heterocycles. The lowest BCUT2D eigenvalue weighted by molar-refractivity contribution is -0.115. The number of nitrogen functional groups attached to an aromatic ring is 1. The summed E-state index contributed by atoms with van der Waals surface area (Å²) >= 11 is 7.77. The van der Waals surface area contributed by atoms with Crippen LogP contribution in [-0.4, -0.2) is 11.7 Å². The second-order valence-corrected chi connectivity index (χ2v) is 6.04. The number of carbonyl (C=O) groups is 1. The van der Waals surface area contributed by atoms with Crippen molar-refractivity contribution in [2.45, 2.75) is 12.2 Å². The quantitative estimate of drug-likeness (QED) is 0.620. The van der Waals surface area contributed by atoms with Crippen LogP contribution in [0.15, 0.2) is 48.5 Å². The van der Waals surface area contributed by atoms with Crippen LogP contribution in [0.4, 0.5) is 11.4 Å². The van der Waals surface area contributed by atoms with Gasteiger partial charge in [0.25, 0.3) is 0 Å². The summed E-state index contributed by atoms with van der Waals surface area (Å²) in [6.45, 7) is 0. The number of nitrogens with one attached hydrogen (secondary N) is 1. The van der Waals surface area contributed by atoms with Gasteiger partial charge in [0.05, 0.1) is 11.4 Å². The maximum absolute atomic E-state index is 11.8. The molecule has 0 saturated heterocycles. The molecule has 0 fully saturated rings. The normalized spacial score (nSPS) is 10.3. The smallest absolute Gasteiger partial charge is 0.225 e. The van der Waals surface area contributed by atoms with E-state index in [1.807, 2.05) is 36.4 Å². The highest BCUT2D eigenvalue weighted by atomic mass is 35.5. The fourth-order valence-electron chi connectivity index (χ4n) is 1.79. The van der Waals surface area contributed by atoms with E-state index in [1.165, 1.54) is 0 Å². The van der Waals surface area contributed by atoms with Crippen molar-refractivity contribution in [2.24, 2.45) is 0 Å². The highest BCUT2D eigenvalue weighted by Gasteiger charge is 2.05. The summed E-state index contributed by atoms with van der Waals surface area (Å²) in [5.74, 6) is 1.52. The lowest BCUT2D eigenvalue weighted by Gasteiger charge is -2.08. The molecule has 0 aromatic heterocycles. The van der Waals surface area contributed by atoms with Gasteiger partial charge in [0.1, 0.15) is 0 Å². The lowest BCUT2D eigenvalue weighted by atomic mass is 10.2. The highest BCUT2D eigenvalue weighted by Crippen LogP contribution is 2.21. The Kier molecular flexibility index (Phi) is 5.96. The number of benzene rings is 2. The zero-order valence-corrected chi connectivity index (χ0v) is 13.1. The predicted octanol–water partition coefficient (Wildman–Crippen LogP) is 4.18. The molecule has 0 radical (unpaired) electrons. The number of anilines is 2. The van der Waals surface area contributed by atoms with Crippen molar-refractivity contribution >= 4 is 40.6 Å². The summed E-state index contributed by atoms with van der Waals surface area (Å²) in [5, 5.41) is 3.59. The Morgan fingerprint density at radius 1 is 1.14 bits per heavy atom. The monoisotopic (exact) mass is 320 g/mol. The predicted molar refractivity (Wildman–Crippen MR) is 91.7 cm³/mol. The fourth-order valence-corrected chi connectivity index (χ4v) is 3.01. The first-order valence-corrected chi connectivity index (χ1v) is 8.15. The Morgan fingerprint density at radius 2 is 1.86 bits per heavy atom. The SMILES string of the molecule is Nc1ccccc1NC(=O)CCSCc1ccccc1Cl. The minimum absolute atomic E-state index is 0.0282. The molecule has 2 aromatic carbocycles. The molecular formula is C16H17ClN2OS. The van der Waals surface area contributed by atoms with E-state index in [4.69, 9.17) is 17.3 Å². The van der Waals surface area contributed by atoms with Gasteiger partial charge in [-0.3, -0.25) is 4.79 Å². The van der Waals surface area contributed by atoms with Gasteiger partial charge in [0.2, 0.25) is 5.91 Å². The van der Waals surface area contributed by atoms with Crippen molar-refractivity contribution in [1.82, 2.24) is 0 Å². The van der Waals surface area contributed by atoms with Crippen molar-refractivity contribution in [3.8, 4) is 0 Å². The molecule has 0 bridgehead atoms. The van der Waals surface area contributed by atoms with E-state index in [-0.39, 0.29) is 5.91 Å². The molecule has 0 saturated carbocycles. The number of amides is 1. The van der Waals surface area contributed by atoms with Gasteiger partial charge >= 0.3 is 0 Å². The second kappa shape index (κ2) is 7.96. The van der Waals surface area contributed by atoms with Crippen molar-refractivity contribution in [3.05, 3.63) is 59.1 Å². The summed E-state index contributed by atoms with van der Waals surface area (Å²) in [6.07, 6.45) is 0.448. The molecule has 2 rings (SSSR count). The minimum Gasteiger partial charge on any atom is -0.397 e. The molecule has 21 heavy (non-hydrogen) atoms. The third-order valence-electron chi connectivity index (χ3n) is 2.92. The van der Waals surface area contributed by atoms with Crippen LogP contribution in [0.5, 0.6) is 0 Å². The van der Waals surface area contributed by atoms with Gasteiger partial charge in [0, 0.05) is 22.9 Å². The van der Waals surface area contributed by atoms with Crippen molar-refractivity contribution in [1.29, 1.82) is 0 Å². The number of carbonyl (C=O) groups excluding carboxylic acids is 1. The average Bonchev–Trinajstić information content (AvgIpc) is 2.48. The Morgan fingerprint density at radius 3 is 2.62 bits per heavy atom. The van der Waals surface area contributed by atoms with E-state index in [0.29, 0.717) is 17.8 Å². The Hall–Kier alpha value is -1.65. The Balaban J connectivity index is 1.73. The summed E-state index contributed by atoms with van der Waals surface area (Å²) in [5.41, 5.74) is 8.12. The van der Waals surface area contributed by atoms with Crippen molar-refractivity contribution in [3.63, 3.8) is 0 Å². The Labute approximate surface area is 133 Å². The number of nitrogens with two attached hydrogens (primary N) is 1. The molecule has 110 valence electrons. The molecule has 3 nitrogen and oxygen atoms in total. The molecule has 0 aliphatic carbocycles. The van der Waals surface area contributed by atoms with E-state index in [0.717, 1.165) is 22.1 Å². The molecule has 2 aromatic rings. The van der Waals surface area contributed by atoms with Crippen molar-refractivity contribution < 1.29 is 4.79 Å². The van der Waals surface area contributed by atoms with Gasteiger partial charge in [-0.1, -0.05) is 41.9 Å². The first-order chi connectivity index (χ1) is 10.2. The summed E-state index contributed by atoms with van der Waals surface area (Å²) < 4.78 is 0. The highest BCUT2D eigenvalue weighted by molar-refractivity contribution is 7.98. The van der Waals surface area contributed by atoms with Crippen LogP contribution < -0.4 is 11.1 Å². The largest absolute Gasteiger partial charge is 0.397 e. The summed E-state index contributed by atoms with van der Waals surface area (Å²) in [4.78, 5) is 11.8. The summed E-state index contributed by atoms with van der Waals surface area (Å²) in [7, 11) is 0. The standard InChI is InChI=1S/C16H17ClN2OS/c17-13-6-2-1-5-12(13)11-21-10-9-16(20)19-15-8-4-3-7-14(15)18/h1-8H,9-11,18H2,(H,19,20). The van der Waals surface area contributed by atoms with Gasteiger partial charge in [0.15, 0.2) is 0 Å². The van der Waals surface area contributed by atoms with E-state index in [2.05, 4.69) is 5.32 Å². The molecule has 1 amide bonds. The first-order valence-electron chi connectivity index (χ1n) is 6.62. The maximum atomic E-state index is 11.8. The Bertz CT molecular complexity index is 619. The number of hydrogen-bond acceptors (Lipinski definition) is 3. The second-order valence-electron chi connectivity index (χ2n) is 4.53. The van der Waals surface area contributed by atoms with Crippen LogP contribution in [0.25, 0.3) is 0 Å². The van der Waals surface area contributed by atoms with Crippen LogP contribution in [-0.2, 0) is 10.5 Å². The molecule has 5 heteroatoms. The number of rotatable bonds is 6. The number of hydrogen-bond donors (Lipinski definition) is 2. The maximum Gasteiger partial charge on any atom is 0.225 e. The van der Waals surface area contributed by atoms with Crippen LogP contribution in [0.2, 0.25) is 5.02 Å². The number of para-hydroxylation sites is 2. The van der Waals surface area contributed by atoms with Crippen molar-refractivity contribution in [2.75, 3.05) is 16.8 Å². The molecule has 3 N–H and O–H groups in total. The minimum atomic E-state index is -0.0282. The van der Waals surface area contributed by atoms with Gasteiger partial charge < -0.3 is 11.1 Å². The zero-order valence-electron chi connectivity index (χ0n) is 11.5. The van der Waals surface area contributed by atoms with Gasteiger partial charge in [-0.2, -0.15) is 11.8 Å². The van der Waals surface area contributed by atoms with Crippen LogP contribution >= 0.6 is 23.4 Å². The molecule has 0 atom stereocenters. The van der Waals surface area contributed by atoms with E-state index in [9.17, 15) is 4.79 Å². The molecular weight excluding hydrogens is 304 g/mol. The number of thioether (sulfide) groups is 1. The van der Waals surface area contributed by atoms with Gasteiger partial charge in [-0.15, -0.1) is 0 Å². The average molecular weight is 321 g/mol. The van der Waals surface area contributed by atoms with Gasteiger partial charge in [-0.25, -0.2) is 0 Å². The van der Waals surface area contributed by atoms with Crippen LogP contribution in [0.1, 0.15) is 12.0 Å².